The number of amides is 1. The second kappa shape index (κ2) is 5.14. The maximum atomic E-state index is 11.6. The molecule has 1 heterocycles. The third-order valence-electron chi connectivity index (χ3n) is 2.64. The van der Waals surface area contributed by atoms with Gasteiger partial charge in [0.15, 0.2) is 0 Å². The van der Waals surface area contributed by atoms with Crippen molar-refractivity contribution in [3.8, 4) is 0 Å². The lowest BCUT2D eigenvalue weighted by molar-refractivity contribution is -0.119. The van der Waals surface area contributed by atoms with Crippen LogP contribution in [0.5, 0.6) is 0 Å². The number of nitrogens with zero attached hydrogens (tertiary/aromatic N) is 2. The molecule has 94 valence electrons. The third kappa shape index (κ3) is 4.03. The van der Waals surface area contributed by atoms with E-state index < -0.39 is 11.6 Å². The summed E-state index contributed by atoms with van der Waals surface area (Å²) in [7, 11) is 1.81. The van der Waals surface area contributed by atoms with Crippen molar-refractivity contribution in [2.24, 2.45) is 7.05 Å². The predicted octanol–water partition coefficient (Wildman–Crippen LogP) is 0.709. The van der Waals surface area contributed by atoms with Crippen LogP contribution in [0.1, 0.15) is 26.3 Å². The molecule has 1 atom stereocenters. The van der Waals surface area contributed by atoms with Gasteiger partial charge in [-0.05, 0) is 26.8 Å². The molecule has 0 radical (unpaired) electrons. The number of nitrogens with one attached hydrogen (secondary N) is 1. The topological polar surface area (TPSA) is 67.2 Å². The number of hydrogen-bond acceptors (Lipinski definition) is 3. The average Bonchev–Trinajstić information content (AvgIpc) is 2.60. The highest BCUT2D eigenvalue weighted by atomic mass is 16.3. The van der Waals surface area contributed by atoms with E-state index in [1.807, 2.05) is 13.2 Å². The Balaban J connectivity index is 2.58. The molecule has 0 aliphatic heterocycles. The molecule has 0 aliphatic rings. The van der Waals surface area contributed by atoms with Crippen LogP contribution in [-0.4, -0.2) is 32.4 Å². The zero-order valence-corrected chi connectivity index (χ0v) is 10.6. The zero-order valence-electron chi connectivity index (χ0n) is 10.6. The smallest absolute Gasteiger partial charge is 0.244 e. The summed E-state index contributed by atoms with van der Waals surface area (Å²) in [6.45, 7) is 5.19. The quantitative estimate of drug-likeness (QED) is 0.758. The van der Waals surface area contributed by atoms with Crippen LogP contribution in [0.4, 0.5) is 0 Å². The number of carbonyl (C=O) groups excluding carboxylic acids is 1. The first kappa shape index (κ1) is 13.4. The van der Waals surface area contributed by atoms with Gasteiger partial charge in [-0.3, -0.25) is 9.48 Å². The lowest BCUT2D eigenvalue weighted by atomic mass is 9.99. The molecule has 5 nitrogen and oxygen atoms in total. The molecule has 0 saturated heterocycles. The van der Waals surface area contributed by atoms with E-state index in [4.69, 9.17) is 0 Å². The average molecular weight is 237 g/mol. The summed E-state index contributed by atoms with van der Waals surface area (Å²) in [6.07, 6.45) is 5.98. The second-order valence-electron chi connectivity index (χ2n) is 4.67. The Hall–Kier alpha value is -1.62. The van der Waals surface area contributed by atoms with Crippen LogP contribution in [-0.2, 0) is 11.8 Å². The van der Waals surface area contributed by atoms with Gasteiger partial charge in [-0.25, -0.2) is 0 Å². The Labute approximate surface area is 101 Å². The van der Waals surface area contributed by atoms with E-state index in [9.17, 15) is 9.90 Å². The molecule has 5 heteroatoms. The molecule has 0 spiro atoms. The largest absolute Gasteiger partial charge is 0.391 e. The third-order valence-corrected chi connectivity index (χ3v) is 2.64. The van der Waals surface area contributed by atoms with Gasteiger partial charge in [0.2, 0.25) is 5.91 Å². The molecule has 17 heavy (non-hydrogen) atoms. The van der Waals surface area contributed by atoms with E-state index in [-0.39, 0.29) is 5.91 Å². The number of hydrogen-bond donors (Lipinski definition) is 2. The van der Waals surface area contributed by atoms with Crippen LogP contribution in [0.3, 0.4) is 0 Å². The Morgan fingerprint density at radius 3 is 2.76 bits per heavy atom. The van der Waals surface area contributed by atoms with E-state index in [2.05, 4.69) is 10.4 Å². The highest BCUT2D eigenvalue weighted by molar-refractivity contribution is 5.92. The van der Waals surface area contributed by atoms with Crippen molar-refractivity contribution in [1.82, 2.24) is 15.1 Å². The van der Waals surface area contributed by atoms with Crippen molar-refractivity contribution in [2.45, 2.75) is 32.4 Å². The summed E-state index contributed by atoms with van der Waals surface area (Å²) >= 11 is 0. The van der Waals surface area contributed by atoms with Gasteiger partial charge < -0.3 is 10.4 Å². The number of aromatic nitrogens is 2. The molecule has 1 aromatic heterocycles. The molecule has 0 saturated carbocycles. The highest BCUT2D eigenvalue weighted by Gasteiger charge is 2.24. The Kier molecular flexibility index (Phi) is 4.07. The summed E-state index contributed by atoms with van der Waals surface area (Å²) in [5.41, 5.74) is 0.216. The van der Waals surface area contributed by atoms with Gasteiger partial charge in [0.05, 0.1) is 17.8 Å². The van der Waals surface area contributed by atoms with E-state index in [0.717, 1.165) is 5.56 Å². The molecule has 2 N–H and O–H groups in total. The fraction of sp³-hybridized carbons (Fsp3) is 0.500. The number of rotatable bonds is 4. The number of carbonyl (C=O) groups is 1. The Morgan fingerprint density at radius 1 is 1.65 bits per heavy atom. The lowest BCUT2D eigenvalue weighted by Crippen LogP contribution is -2.50. The standard InChI is InChI=1S/C12H19N3O2/c1-9(16)12(2,3)14-11(17)6-5-10-7-13-15(4)8-10/h5-9,16H,1-4H3,(H,14,17)/b6-5+. The van der Waals surface area contributed by atoms with Crippen molar-refractivity contribution in [3.63, 3.8) is 0 Å². The maximum Gasteiger partial charge on any atom is 0.244 e. The summed E-state index contributed by atoms with van der Waals surface area (Å²) in [6, 6.07) is 0. The molecule has 1 unspecified atom stereocenters. The van der Waals surface area contributed by atoms with Crippen molar-refractivity contribution in [3.05, 3.63) is 24.0 Å². The van der Waals surface area contributed by atoms with E-state index >= 15 is 0 Å². The van der Waals surface area contributed by atoms with Crippen molar-refractivity contribution in [2.75, 3.05) is 0 Å². The summed E-state index contributed by atoms with van der Waals surface area (Å²) < 4.78 is 1.66. The molecule has 1 aromatic rings. The van der Waals surface area contributed by atoms with Crippen molar-refractivity contribution < 1.29 is 9.90 Å². The van der Waals surface area contributed by atoms with Crippen LogP contribution in [0, 0.1) is 0 Å². The Bertz CT molecular complexity index is 419. The number of aliphatic hydroxyl groups excluding tert-OH is 1. The van der Waals surface area contributed by atoms with Gasteiger partial charge >= 0.3 is 0 Å². The molecule has 0 aliphatic carbocycles. The maximum absolute atomic E-state index is 11.6. The minimum atomic E-state index is -0.642. The number of aryl methyl sites for hydroxylation is 1. The minimum Gasteiger partial charge on any atom is -0.391 e. The van der Waals surface area contributed by atoms with E-state index in [1.54, 1.807) is 37.7 Å². The fourth-order valence-corrected chi connectivity index (χ4v) is 1.16. The van der Waals surface area contributed by atoms with Crippen LogP contribution in [0.15, 0.2) is 18.5 Å². The lowest BCUT2D eigenvalue weighted by Gasteiger charge is -2.28. The molecule has 0 bridgehead atoms. The molecular weight excluding hydrogens is 218 g/mol. The first-order chi connectivity index (χ1) is 7.81. The van der Waals surface area contributed by atoms with Crippen molar-refractivity contribution >= 4 is 12.0 Å². The number of aliphatic hydroxyl groups is 1. The summed E-state index contributed by atoms with van der Waals surface area (Å²) in [5.74, 6) is -0.236. The van der Waals surface area contributed by atoms with Gasteiger partial charge in [0.1, 0.15) is 0 Å². The van der Waals surface area contributed by atoms with Gasteiger partial charge in [-0.1, -0.05) is 0 Å². The Morgan fingerprint density at radius 2 is 2.29 bits per heavy atom. The summed E-state index contributed by atoms with van der Waals surface area (Å²) in [5, 5.41) is 16.2. The minimum absolute atomic E-state index is 0.236. The summed E-state index contributed by atoms with van der Waals surface area (Å²) in [4.78, 5) is 11.6. The van der Waals surface area contributed by atoms with E-state index in [0.29, 0.717) is 0 Å². The van der Waals surface area contributed by atoms with Crippen LogP contribution in [0.2, 0.25) is 0 Å². The van der Waals surface area contributed by atoms with Crippen LogP contribution in [0.25, 0.3) is 6.08 Å². The molecule has 1 rings (SSSR count). The van der Waals surface area contributed by atoms with E-state index in [1.165, 1.54) is 6.08 Å². The van der Waals surface area contributed by atoms with Crippen LogP contribution >= 0.6 is 0 Å². The second-order valence-corrected chi connectivity index (χ2v) is 4.67. The van der Waals surface area contributed by atoms with Crippen molar-refractivity contribution in [1.29, 1.82) is 0 Å². The zero-order chi connectivity index (χ0) is 13.1. The molecule has 1 amide bonds. The van der Waals surface area contributed by atoms with Gasteiger partial charge in [-0.2, -0.15) is 5.10 Å². The van der Waals surface area contributed by atoms with Gasteiger partial charge in [-0.15, -0.1) is 0 Å². The molecule has 0 aromatic carbocycles. The van der Waals surface area contributed by atoms with Gasteiger partial charge in [0, 0.05) is 24.9 Å². The fourth-order valence-electron chi connectivity index (χ4n) is 1.16. The first-order valence-electron chi connectivity index (χ1n) is 5.48. The normalized spacial score (nSPS) is 13.9. The van der Waals surface area contributed by atoms with Crippen LogP contribution < -0.4 is 5.32 Å². The van der Waals surface area contributed by atoms with Gasteiger partial charge in [0.25, 0.3) is 0 Å². The molecule has 0 fully saturated rings. The SMILES string of the molecule is CC(O)C(C)(C)NC(=O)/C=C/c1cnn(C)c1. The monoisotopic (exact) mass is 237 g/mol. The predicted molar refractivity (Wildman–Crippen MR) is 66.1 cm³/mol. The first-order valence-corrected chi connectivity index (χ1v) is 5.48. The highest BCUT2D eigenvalue weighted by Crippen LogP contribution is 2.08. The molecular formula is C12H19N3O2.